The van der Waals surface area contributed by atoms with Crippen LogP contribution in [0.15, 0.2) is 42.5 Å². The number of rotatable bonds is 4. The highest BCUT2D eigenvalue weighted by atomic mass is 19.1. The van der Waals surface area contributed by atoms with E-state index in [1.807, 2.05) is 62.1 Å². The van der Waals surface area contributed by atoms with Gasteiger partial charge in [-0.25, -0.2) is 4.39 Å². The summed E-state index contributed by atoms with van der Waals surface area (Å²) in [6.45, 7) is 6.62. The van der Waals surface area contributed by atoms with Crippen molar-refractivity contribution in [2.75, 3.05) is 11.4 Å². The lowest BCUT2D eigenvalue weighted by Crippen LogP contribution is -2.18. The van der Waals surface area contributed by atoms with Crippen LogP contribution in [-0.2, 0) is 0 Å². The molecule has 0 saturated heterocycles. The van der Waals surface area contributed by atoms with Crippen LogP contribution in [-0.4, -0.2) is 6.54 Å². The van der Waals surface area contributed by atoms with E-state index in [9.17, 15) is 4.39 Å². The van der Waals surface area contributed by atoms with E-state index in [1.54, 1.807) is 0 Å². The van der Waals surface area contributed by atoms with Gasteiger partial charge in [-0.05, 0) is 50.1 Å². The number of para-hydroxylation sites is 1. The third kappa shape index (κ3) is 2.83. The van der Waals surface area contributed by atoms with Gasteiger partial charge >= 0.3 is 0 Å². The molecule has 2 aromatic rings. The van der Waals surface area contributed by atoms with Gasteiger partial charge in [-0.2, -0.15) is 0 Å². The number of benzene rings is 2. The monoisotopic (exact) mass is 272 g/mol. The molecule has 0 fully saturated rings. The maximum Gasteiger partial charge on any atom is 0.147 e. The minimum absolute atomic E-state index is 0.160. The largest absolute Gasteiger partial charge is 0.339 e. The summed E-state index contributed by atoms with van der Waals surface area (Å²) in [6, 6.07) is 13.1. The molecule has 2 aromatic carbocycles. The van der Waals surface area contributed by atoms with E-state index >= 15 is 0 Å². The van der Waals surface area contributed by atoms with E-state index in [0.29, 0.717) is 12.2 Å². The zero-order valence-corrected chi connectivity index (χ0v) is 12.2. The molecule has 2 rings (SSSR count). The standard InChI is InChI=1S/C17H21FN2/c1-4-20(16-8-6-5-7-12(16)2)17-10-9-14(13(3)19)11-15(17)18/h5-11,13H,4,19H2,1-3H3. The number of nitrogens with zero attached hydrogens (tertiary/aromatic N) is 1. The number of halogens is 1. The number of nitrogens with two attached hydrogens (primary N) is 1. The van der Waals surface area contributed by atoms with Crippen molar-refractivity contribution in [2.24, 2.45) is 5.73 Å². The van der Waals surface area contributed by atoms with Gasteiger partial charge in [0.1, 0.15) is 5.82 Å². The maximum absolute atomic E-state index is 14.4. The van der Waals surface area contributed by atoms with Crippen molar-refractivity contribution in [3.63, 3.8) is 0 Å². The lowest BCUT2D eigenvalue weighted by Gasteiger charge is -2.26. The van der Waals surface area contributed by atoms with Gasteiger partial charge in [0.15, 0.2) is 0 Å². The molecule has 1 unspecified atom stereocenters. The van der Waals surface area contributed by atoms with Gasteiger partial charge in [-0.15, -0.1) is 0 Å². The van der Waals surface area contributed by atoms with E-state index in [-0.39, 0.29) is 11.9 Å². The van der Waals surface area contributed by atoms with Crippen LogP contribution in [0.5, 0.6) is 0 Å². The molecule has 0 aliphatic carbocycles. The minimum atomic E-state index is -0.232. The fraction of sp³-hybridized carbons (Fsp3) is 0.294. The molecule has 0 saturated carbocycles. The second-order valence-electron chi connectivity index (χ2n) is 5.03. The summed E-state index contributed by atoms with van der Waals surface area (Å²) in [5.41, 5.74) is 9.36. The molecule has 0 amide bonds. The summed E-state index contributed by atoms with van der Waals surface area (Å²) in [6.07, 6.45) is 0. The number of hydrogen-bond acceptors (Lipinski definition) is 2. The highest BCUT2D eigenvalue weighted by Gasteiger charge is 2.14. The molecule has 106 valence electrons. The molecule has 0 aliphatic rings. The van der Waals surface area contributed by atoms with Crippen LogP contribution in [0, 0.1) is 12.7 Å². The lowest BCUT2D eigenvalue weighted by molar-refractivity contribution is 0.620. The molecular weight excluding hydrogens is 251 g/mol. The summed E-state index contributed by atoms with van der Waals surface area (Å²) >= 11 is 0. The third-order valence-electron chi connectivity index (χ3n) is 3.51. The van der Waals surface area contributed by atoms with E-state index in [4.69, 9.17) is 5.73 Å². The molecular formula is C17H21FN2. The molecule has 3 heteroatoms. The van der Waals surface area contributed by atoms with Crippen molar-refractivity contribution in [2.45, 2.75) is 26.8 Å². The van der Waals surface area contributed by atoms with Crippen molar-refractivity contribution >= 4 is 11.4 Å². The van der Waals surface area contributed by atoms with Gasteiger partial charge in [0.2, 0.25) is 0 Å². The number of anilines is 2. The zero-order chi connectivity index (χ0) is 14.7. The van der Waals surface area contributed by atoms with Crippen LogP contribution in [0.3, 0.4) is 0 Å². The lowest BCUT2D eigenvalue weighted by atomic mass is 10.1. The van der Waals surface area contributed by atoms with E-state index < -0.39 is 0 Å². The smallest absolute Gasteiger partial charge is 0.147 e. The normalized spacial score (nSPS) is 12.2. The highest BCUT2D eigenvalue weighted by Crippen LogP contribution is 2.31. The first-order chi connectivity index (χ1) is 9.54. The van der Waals surface area contributed by atoms with Crippen molar-refractivity contribution in [1.29, 1.82) is 0 Å². The minimum Gasteiger partial charge on any atom is -0.339 e. The van der Waals surface area contributed by atoms with Crippen molar-refractivity contribution in [3.8, 4) is 0 Å². The third-order valence-corrected chi connectivity index (χ3v) is 3.51. The molecule has 0 bridgehead atoms. The van der Waals surface area contributed by atoms with Gasteiger partial charge in [-0.1, -0.05) is 24.3 Å². The summed E-state index contributed by atoms with van der Waals surface area (Å²) in [7, 11) is 0. The second-order valence-corrected chi connectivity index (χ2v) is 5.03. The van der Waals surface area contributed by atoms with Gasteiger partial charge < -0.3 is 10.6 Å². The Bertz CT molecular complexity index is 593. The Morgan fingerprint density at radius 3 is 2.40 bits per heavy atom. The van der Waals surface area contributed by atoms with Crippen LogP contribution < -0.4 is 10.6 Å². The summed E-state index contributed by atoms with van der Waals surface area (Å²) in [4.78, 5) is 1.98. The molecule has 0 heterocycles. The van der Waals surface area contributed by atoms with E-state index in [1.165, 1.54) is 6.07 Å². The molecule has 1 atom stereocenters. The Balaban J connectivity index is 2.45. The van der Waals surface area contributed by atoms with E-state index in [2.05, 4.69) is 0 Å². The Kier molecular flexibility index (Phi) is 4.40. The number of hydrogen-bond donors (Lipinski definition) is 1. The van der Waals surface area contributed by atoms with Gasteiger partial charge in [0.05, 0.1) is 5.69 Å². The van der Waals surface area contributed by atoms with Crippen LogP contribution in [0.4, 0.5) is 15.8 Å². The average molecular weight is 272 g/mol. The second kappa shape index (κ2) is 6.06. The Labute approximate surface area is 120 Å². The van der Waals surface area contributed by atoms with Gasteiger partial charge in [0.25, 0.3) is 0 Å². The fourth-order valence-electron chi connectivity index (χ4n) is 2.36. The average Bonchev–Trinajstić information content (AvgIpc) is 2.43. The Morgan fingerprint density at radius 1 is 1.15 bits per heavy atom. The molecule has 0 spiro atoms. The van der Waals surface area contributed by atoms with Gasteiger partial charge in [0, 0.05) is 18.3 Å². The molecule has 0 aliphatic heterocycles. The first kappa shape index (κ1) is 14.5. The van der Waals surface area contributed by atoms with Crippen molar-refractivity contribution in [3.05, 3.63) is 59.4 Å². The molecule has 2 N–H and O–H groups in total. The summed E-state index contributed by atoms with van der Waals surface area (Å²) in [5, 5.41) is 0. The van der Waals surface area contributed by atoms with Crippen molar-refractivity contribution in [1.82, 2.24) is 0 Å². The predicted octanol–water partition coefficient (Wildman–Crippen LogP) is 4.31. The van der Waals surface area contributed by atoms with Gasteiger partial charge in [-0.3, -0.25) is 0 Å². The first-order valence-corrected chi connectivity index (χ1v) is 6.92. The highest BCUT2D eigenvalue weighted by molar-refractivity contribution is 5.66. The topological polar surface area (TPSA) is 29.3 Å². The molecule has 20 heavy (non-hydrogen) atoms. The quantitative estimate of drug-likeness (QED) is 0.898. The first-order valence-electron chi connectivity index (χ1n) is 6.92. The van der Waals surface area contributed by atoms with Crippen LogP contribution in [0.1, 0.15) is 31.0 Å². The van der Waals surface area contributed by atoms with Crippen molar-refractivity contribution < 1.29 is 4.39 Å². The van der Waals surface area contributed by atoms with E-state index in [0.717, 1.165) is 16.8 Å². The molecule has 0 radical (unpaired) electrons. The fourth-order valence-corrected chi connectivity index (χ4v) is 2.36. The zero-order valence-electron chi connectivity index (χ0n) is 12.2. The Morgan fingerprint density at radius 2 is 1.85 bits per heavy atom. The van der Waals surface area contributed by atoms with Crippen LogP contribution in [0.2, 0.25) is 0 Å². The Hall–Kier alpha value is -1.87. The molecule has 2 nitrogen and oxygen atoms in total. The molecule has 0 aromatic heterocycles. The summed E-state index contributed by atoms with van der Waals surface area (Å²) in [5.74, 6) is -0.232. The summed E-state index contributed by atoms with van der Waals surface area (Å²) < 4.78 is 14.4. The SMILES string of the molecule is CCN(c1ccccc1C)c1ccc(C(C)N)cc1F. The maximum atomic E-state index is 14.4. The number of aryl methyl sites for hydroxylation is 1. The van der Waals surface area contributed by atoms with Crippen LogP contribution >= 0.6 is 0 Å². The predicted molar refractivity (Wildman–Crippen MR) is 82.9 cm³/mol. The van der Waals surface area contributed by atoms with Crippen LogP contribution in [0.25, 0.3) is 0 Å².